The number of piperidine rings is 1. The van der Waals surface area contributed by atoms with Crippen LogP contribution in [0.2, 0.25) is 4.34 Å². The molecule has 0 aromatic carbocycles. The summed E-state index contributed by atoms with van der Waals surface area (Å²) in [6, 6.07) is 0.673. The van der Waals surface area contributed by atoms with Gasteiger partial charge in [0, 0.05) is 30.7 Å². The minimum absolute atomic E-state index is 0.673. The molecular formula is C10H15ClN4S. The van der Waals surface area contributed by atoms with Gasteiger partial charge in [0.2, 0.25) is 0 Å². The molecule has 16 heavy (non-hydrogen) atoms. The van der Waals surface area contributed by atoms with E-state index < -0.39 is 0 Å². The van der Waals surface area contributed by atoms with Crippen molar-refractivity contribution in [2.24, 2.45) is 5.92 Å². The molecule has 2 fully saturated rings. The lowest BCUT2D eigenvalue weighted by molar-refractivity contribution is 0.116. The van der Waals surface area contributed by atoms with Crippen molar-refractivity contribution in [2.45, 2.75) is 25.4 Å². The molecule has 88 valence electrons. The highest BCUT2D eigenvalue weighted by atomic mass is 35.5. The monoisotopic (exact) mass is 258 g/mol. The minimum Gasteiger partial charge on any atom is -0.315 e. The summed E-state index contributed by atoms with van der Waals surface area (Å²) >= 11 is 7.33. The number of rotatable bonds is 2. The molecular weight excluding hydrogens is 244 g/mol. The standard InChI is InChI=1S/C10H15ClN4S/c11-10-8(13-14-16-10)6-15-3-1-2-7-4-12-5-9(7)15/h7,9,12H,1-6H2. The van der Waals surface area contributed by atoms with Crippen molar-refractivity contribution < 1.29 is 0 Å². The Hall–Kier alpha value is -0.230. The molecule has 1 aromatic rings. The second-order valence-electron chi connectivity index (χ2n) is 4.59. The van der Waals surface area contributed by atoms with Crippen LogP contribution in [-0.4, -0.2) is 40.2 Å². The molecule has 4 nitrogen and oxygen atoms in total. The van der Waals surface area contributed by atoms with Gasteiger partial charge in [-0.2, -0.15) is 0 Å². The fourth-order valence-corrected chi connectivity index (χ4v) is 3.46. The van der Waals surface area contributed by atoms with Crippen LogP contribution in [0.4, 0.5) is 0 Å². The topological polar surface area (TPSA) is 41.1 Å². The Morgan fingerprint density at radius 2 is 2.44 bits per heavy atom. The Labute approximate surface area is 104 Å². The number of aromatic nitrogens is 2. The molecule has 1 aromatic heterocycles. The van der Waals surface area contributed by atoms with E-state index in [0.29, 0.717) is 6.04 Å². The predicted molar refractivity (Wildman–Crippen MR) is 64.7 cm³/mol. The number of nitrogens with one attached hydrogen (secondary N) is 1. The molecule has 1 N–H and O–H groups in total. The van der Waals surface area contributed by atoms with Crippen LogP contribution in [0, 0.1) is 5.92 Å². The van der Waals surface area contributed by atoms with Gasteiger partial charge < -0.3 is 5.32 Å². The molecule has 2 atom stereocenters. The highest BCUT2D eigenvalue weighted by molar-refractivity contribution is 7.10. The van der Waals surface area contributed by atoms with Gasteiger partial charge >= 0.3 is 0 Å². The van der Waals surface area contributed by atoms with Crippen molar-refractivity contribution in [3.05, 3.63) is 10.0 Å². The van der Waals surface area contributed by atoms with Crippen LogP contribution in [-0.2, 0) is 6.54 Å². The van der Waals surface area contributed by atoms with E-state index in [1.807, 2.05) is 0 Å². The van der Waals surface area contributed by atoms with Crippen LogP contribution in [0.25, 0.3) is 0 Å². The first-order chi connectivity index (χ1) is 7.84. The summed E-state index contributed by atoms with van der Waals surface area (Å²) in [6.45, 7) is 4.30. The van der Waals surface area contributed by atoms with Gasteiger partial charge in [-0.1, -0.05) is 16.1 Å². The summed E-state index contributed by atoms with van der Waals surface area (Å²) in [5, 5.41) is 7.58. The maximum Gasteiger partial charge on any atom is 0.138 e. The molecule has 0 aliphatic carbocycles. The summed E-state index contributed by atoms with van der Waals surface area (Å²) in [4.78, 5) is 2.51. The van der Waals surface area contributed by atoms with Gasteiger partial charge in [0.25, 0.3) is 0 Å². The van der Waals surface area contributed by atoms with Crippen molar-refractivity contribution in [3.8, 4) is 0 Å². The number of nitrogens with zero attached hydrogens (tertiary/aromatic N) is 3. The number of hydrogen-bond donors (Lipinski definition) is 1. The molecule has 0 spiro atoms. The summed E-state index contributed by atoms with van der Waals surface area (Å²) in [5.74, 6) is 0.819. The first-order valence-electron chi connectivity index (χ1n) is 5.76. The highest BCUT2D eigenvalue weighted by Gasteiger charge is 2.35. The zero-order chi connectivity index (χ0) is 11.0. The van der Waals surface area contributed by atoms with Gasteiger partial charge in [-0.3, -0.25) is 4.90 Å². The maximum atomic E-state index is 6.05. The van der Waals surface area contributed by atoms with Crippen LogP contribution in [0.1, 0.15) is 18.5 Å². The summed E-state index contributed by atoms with van der Waals surface area (Å²) in [7, 11) is 0. The van der Waals surface area contributed by atoms with Crippen molar-refractivity contribution >= 4 is 23.1 Å². The second kappa shape index (κ2) is 4.56. The predicted octanol–water partition coefficient (Wildman–Crippen LogP) is 1.38. The van der Waals surface area contributed by atoms with E-state index in [1.54, 1.807) is 0 Å². The van der Waals surface area contributed by atoms with Gasteiger partial charge in [-0.15, -0.1) is 5.10 Å². The second-order valence-corrected chi connectivity index (χ2v) is 5.95. The van der Waals surface area contributed by atoms with Crippen LogP contribution in [0.15, 0.2) is 0 Å². The Balaban J connectivity index is 1.72. The zero-order valence-electron chi connectivity index (χ0n) is 9.03. The third kappa shape index (κ3) is 1.97. The van der Waals surface area contributed by atoms with E-state index in [4.69, 9.17) is 11.6 Å². The largest absolute Gasteiger partial charge is 0.315 e. The minimum atomic E-state index is 0.673. The summed E-state index contributed by atoms with van der Waals surface area (Å²) in [5.41, 5.74) is 0.944. The average molecular weight is 259 g/mol. The van der Waals surface area contributed by atoms with E-state index >= 15 is 0 Å². The lowest BCUT2D eigenvalue weighted by Gasteiger charge is -2.36. The molecule has 2 unspecified atom stereocenters. The maximum absolute atomic E-state index is 6.05. The third-order valence-corrected chi connectivity index (χ3v) is 4.64. The zero-order valence-corrected chi connectivity index (χ0v) is 10.6. The van der Waals surface area contributed by atoms with Gasteiger partial charge in [-0.05, 0) is 31.8 Å². The van der Waals surface area contributed by atoms with Gasteiger partial charge in [0.1, 0.15) is 10.0 Å². The highest BCUT2D eigenvalue weighted by Crippen LogP contribution is 2.29. The lowest BCUT2D eigenvalue weighted by Crippen LogP contribution is -2.44. The summed E-state index contributed by atoms with van der Waals surface area (Å²) < 4.78 is 4.63. The van der Waals surface area contributed by atoms with Crippen LogP contribution in [0.3, 0.4) is 0 Å². The number of fused-ring (bicyclic) bond motifs is 1. The third-order valence-electron chi connectivity index (χ3n) is 3.66. The van der Waals surface area contributed by atoms with Crippen LogP contribution in [0.5, 0.6) is 0 Å². The Morgan fingerprint density at radius 3 is 3.25 bits per heavy atom. The molecule has 0 saturated carbocycles. The van der Waals surface area contributed by atoms with Crippen LogP contribution >= 0.6 is 23.1 Å². The Morgan fingerprint density at radius 1 is 1.50 bits per heavy atom. The molecule has 0 amide bonds. The van der Waals surface area contributed by atoms with E-state index in [1.165, 1.54) is 30.9 Å². The molecule has 0 radical (unpaired) electrons. The lowest BCUT2D eigenvalue weighted by atomic mass is 9.92. The number of likely N-dealkylation sites (tertiary alicyclic amines) is 1. The SMILES string of the molecule is Clc1snnc1CN1CCCC2CNCC21. The summed E-state index contributed by atoms with van der Waals surface area (Å²) in [6.07, 6.45) is 2.65. The fraction of sp³-hybridized carbons (Fsp3) is 0.800. The molecule has 3 heterocycles. The van der Waals surface area contributed by atoms with Crippen molar-refractivity contribution in [1.29, 1.82) is 0 Å². The Bertz CT molecular complexity index is 369. The van der Waals surface area contributed by atoms with E-state index in [0.717, 1.165) is 35.6 Å². The Kier molecular flexibility index (Phi) is 3.11. The van der Waals surface area contributed by atoms with Gasteiger partial charge in [-0.25, -0.2) is 0 Å². The molecule has 2 aliphatic heterocycles. The molecule has 2 aliphatic rings. The number of hydrogen-bond acceptors (Lipinski definition) is 5. The molecule has 3 rings (SSSR count). The van der Waals surface area contributed by atoms with Crippen molar-refractivity contribution in [2.75, 3.05) is 19.6 Å². The molecule has 0 bridgehead atoms. The van der Waals surface area contributed by atoms with Crippen molar-refractivity contribution in [1.82, 2.24) is 19.8 Å². The van der Waals surface area contributed by atoms with E-state index in [9.17, 15) is 0 Å². The normalized spacial score (nSPS) is 30.6. The van der Waals surface area contributed by atoms with Gasteiger partial charge in [0.05, 0.1) is 0 Å². The molecule has 6 heteroatoms. The van der Waals surface area contributed by atoms with E-state index in [2.05, 4.69) is 19.8 Å². The first-order valence-corrected chi connectivity index (χ1v) is 6.91. The first kappa shape index (κ1) is 10.9. The van der Waals surface area contributed by atoms with E-state index in [-0.39, 0.29) is 0 Å². The van der Waals surface area contributed by atoms with Crippen molar-refractivity contribution in [3.63, 3.8) is 0 Å². The van der Waals surface area contributed by atoms with Gasteiger partial charge in [0.15, 0.2) is 0 Å². The molecule has 2 saturated heterocycles. The number of halogens is 1. The quantitative estimate of drug-likeness (QED) is 0.870. The fourth-order valence-electron chi connectivity index (χ4n) is 2.84. The average Bonchev–Trinajstić information content (AvgIpc) is 2.89. The van der Waals surface area contributed by atoms with Crippen LogP contribution < -0.4 is 5.32 Å². The smallest absolute Gasteiger partial charge is 0.138 e.